The maximum absolute atomic E-state index is 7.10. The minimum atomic E-state index is 0. The lowest BCUT2D eigenvalue weighted by Gasteiger charge is -2.70. The Morgan fingerprint density at radius 1 is 0.583 bits per heavy atom. The lowest BCUT2D eigenvalue weighted by atomic mass is 9.36. The standard InChI is InChI=1S/C22H37N.ClH/c23-22-13-17-11-20(15-22,18-7-3-1-4-8-18)14-21(12-17,16-22)19-9-5-2-6-10-19;/h17-19H,1-16,23H2;1H. The first-order valence-electron chi connectivity index (χ1n) is 10.9. The molecular weight excluding hydrogens is 314 g/mol. The highest BCUT2D eigenvalue weighted by Crippen LogP contribution is 2.72. The van der Waals surface area contributed by atoms with E-state index in [0.29, 0.717) is 10.8 Å². The van der Waals surface area contributed by atoms with Crippen molar-refractivity contribution in [3.63, 3.8) is 0 Å². The van der Waals surface area contributed by atoms with Crippen molar-refractivity contribution in [3.05, 3.63) is 0 Å². The Bertz CT molecular complexity index is 429. The van der Waals surface area contributed by atoms with E-state index >= 15 is 0 Å². The van der Waals surface area contributed by atoms with E-state index in [-0.39, 0.29) is 17.9 Å². The second-order valence-corrected chi connectivity index (χ2v) is 10.8. The van der Waals surface area contributed by atoms with Gasteiger partial charge in [0.15, 0.2) is 0 Å². The van der Waals surface area contributed by atoms with Crippen LogP contribution in [0.4, 0.5) is 0 Å². The quantitative estimate of drug-likeness (QED) is 0.626. The largest absolute Gasteiger partial charge is 0.325 e. The van der Waals surface area contributed by atoms with Crippen molar-refractivity contribution in [2.45, 2.75) is 108 Å². The topological polar surface area (TPSA) is 26.0 Å². The Labute approximate surface area is 155 Å². The van der Waals surface area contributed by atoms with Crippen molar-refractivity contribution in [3.8, 4) is 0 Å². The summed E-state index contributed by atoms with van der Waals surface area (Å²) in [6, 6.07) is 0. The molecule has 6 aliphatic carbocycles. The Balaban J connectivity index is 0.00000146. The normalized spacial score (nSPS) is 49.1. The van der Waals surface area contributed by atoms with Crippen LogP contribution in [-0.2, 0) is 0 Å². The van der Waals surface area contributed by atoms with Crippen LogP contribution in [0.5, 0.6) is 0 Å². The number of hydrogen-bond acceptors (Lipinski definition) is 1. The van der Waals surface area contributed by atoms with Crippen molar-refractivity contribution in [1.29, 1.82) is 0 Å². The molecule has 0 spiro atoms. The smallest absolute Gasteiger partial charge is 0.0167 e. The highest BCUT2D eigenvalue weighted by atomic mass is 35.5. The number of halogens is 1. The minimum absolute atomic E-state index is 0. The van der Waals surface area contributed by atoms with Gasteiger partial charge in [-0.05, 0) is 92.8 Å². The van der Waals surface area contributed by atoms with Crippen molar-refractivity contribution >= 4 is 12.4 Å². The molecule has 0 aromatic heterocycles. The maximum atomic E-state index is 7.10. The van der Waals surface area contributed by atoms with Crippen molar-refractivity contribution in [2.24, 2.45) is 34.3 Å². The van der Waals surface area contributed by atoms with Gasteiger partial charge in [-0.2, -0.15) is 0 Å². The van der Waals surface area contributed by atoms with Gasteiger partial charge in [0.1, 0.15) is 0 Å². The van der Waals surface area contributed by atoms with Gasteiger partial charge in [0.05, 0.1) is 0 Å². The zero-order valence-corrected chi connectivity index (χ0v) is 16.3. The molecule has 2 atom stereocenters. The molecule has 1 nitrogen and oxygen atoms in total. The van der Waals surface area contributed by atoms with Gasteiger partial charge in [-0.25, -0.2) is 0 Å². The summed E-state index contributed by atoms with van der Waals surface area (Å²) < 4.78 is 0. The molecule has 0 aliphatic heterocycles. The van der Waals surface area contributed by atoms with Crippen LogP contribution in [0, 0.1) is 28.6 Å². The SMILES string of the molecule is Cl.NC12CC3CC(C4CCCCC4)(C1)CC(C1CCCCC1)(C3)C2. The molecule has 0 saturated heterocycles. The molecule has 0 aromatic carbocycles. The van der Waals surface area contributed by atoms with E-state index in [0.717, 1.165) is 17.8 Å². The second kappa shape index (κ2) is 6.15. The summed E-state index contributed by atoms with van der Waals surface area (Å²) in [6.07, 6.45) is 24.0. The molecule has 0 heterocycles. The van der Waals surface area contributed by atoms with Crippen molar-refractivity contribution in [1.82, 2.24) is 0 Å². The Morgan fingerprint density at radius 2 is 1.04 bits per heavy atom. The zero-order valence-electron chi connectivity index (χ0n) is 15.5. The molecule has 2 unspecified atom stereocenters. The van der Waals surface area contributed by atoms with Crippen molar-refractivity contribution < 1.29 is 0 Å². The third kappa shape index (κ3) is 2.68. The average Bonchev–Trinajstić information content (AvgIpc) is 2.54. The van der Waals surface area contributed by atoms with Crippen LogP contribution < -0.4 is 5.73 Å². The fourth-order valence-electron chi connectivity index (χ4n) is 9.01. The summed E-state index contributed by atoms with van der Waals surface area (Å²) in [5.41, 5.74) is 8.68. The summed E-state index contributed by atoms with van der Waals surface area (Å²) in [4.78, 5) is 0. The Hall–Kier alpha value is 0.250. The number of rotatable bonds is 2. The van der Waals surface area contributed by atoms with E-state index in [1.807, 2.05) is 0 Å². The van der Waals surface area contributed by atoms with Crippen LogP contribution in [0.2, 0.25) is 0 Å². The average molecular weight is 352 g/mol. The van der Waals surface area contributed by atoms with E-state index in [1.165, 1.54) is 83.5 Å². The molecule has 0 radical (unpaired) electrons. The number of nitrogens with two attached hydrogens (primary N) is 1. The van der Waals surface area contributed by atoms with Crippen LogP contribution >= 0.6 is 12.4 Å². The monoisotopic (exact) mass is 351 g/mol. The zero-order chi connectivity index (χ0) is 15.5. The highest BCUT2D eigenvalue weighted by molar-refractivity contribution is 5.85. The molecule has 2 heteroatoms. The maximum Gasteiger partial charge on any atom is 0.0167 e. The van der Waals surface area contributed by atoms with Crippen LogP contribution in [0.15, 0.2) is 0 Å². The number of hydrogen-bond donors (Lipinski definition) is 1. The molecule has 0 amide bonds. The summed E-state index contributed by atoms with van der Waals surface area (Å²) in [6.45, 7) is 0. The first-order chi connectivity index (χ1) is 11.1. The lowest BCUT2D eigenvalue weighted by molar-refractivity contribution is -0.176. The molecule has 6 fully saturated rings. The van der Waals surface area contributed by atoms with Crippen LogP contribution in [0.25, 0.3) is 0 Å². The van der Waals surface area contributed by atoms with E-state index in [4.69, 9.17) is 5.73 Å². The van der Waals surface area contributed by atoms with E-state index < -0.39 is 0 Å². The first-order valence-corrected chi connectivity index (χ1v) is 10.9. The van der Waals surface area contributed by atoms with Crippen LogP contribution in [0.1, 0.15) is 103 Å². The van der Waals surface area contributed by atoms with Crippen molar-refractivity contribution in [2.75, 3.05) is 0 Å². The first kappa shape index (κ1) is 17.7. The fourth-order valence-corrected chi connectivity index (χ4v) is 9.01. The van der Waals surface area contributed by atoms with Gasteiger partial charge in [0, 0.05) is 5.54 Å². The lowest BCUT2D eigenvalue weighted by Crippen LogP contribution is -2.67. The highest BCUT2D eigenvalue weighted by Gasteiger charge is 2.65. The van der Waals surface area contributed by atoms with Gasteiger partial charge in [0.2, 0.25) is 0 Å². The third-order valence-electron chi connectivity index (χ3n) is 9.14. The van der Waals surface area contributed by atoms with Gasteiger partial charge >= 0.3 is 0 Å². The molecule has 4 bridgehead atoms. The minimum Gasteiger partial charge on any atom is -0.325 e. The molecule has 24 heavy (non-hydrogen) atoms. The molecule has 6 rings (SSSR count). The van der Waals surface area contributed by atoms with E-state index in [9.17, 15) is 0 Å². The third-order valence-corrected chi connectivity index (χ3v) is 9.14. The van der Waals surface area contributed by atoms with E-state index in [1.54, 1.807) is 19.3 Å². The summed E-state index contributed by atoms with van der Waals surface area (Å²) in [5.74, 6) is 3.05. The van der Waals surface area contributed by atoms with Gasteiger partial charge in [-0.3, -0.25) is 0 Å². The second-order valence-electron chi connectivity index (χ2n) is 10.8. The molecule has 138 valence electrons. The Kier molecular flexibility index (Phi) is 4.53. The molecule has 2 N–H and O–H groups in total. The fraction of sp³-hybridized carbons (Fsp3) is 1.00. The van der Waals surface area contributed by atoms with Gasteiger partial charge in [-0.1, -0.05) is 38.5 Å². The predicted molar refractivity (Wildman–Crippen MR) is 103 cm³/mol. The van der Waals surface area contributed by atoms with Gasteiger partial charge in [-0.15, -0.1) is 12.4 Å². The summed E-state index contributed by atoms with van der Waals surface area (Å²) in [7, 11) is 0. The Morgan fingerprint density at radius 3 is 1.46 bits per heavy atom. The van der Waals surface area contributed by atoms with Crippen LogP contribution in [-0.4, -0.2) is 5.54 Å². The summed E-state index contributed by atoms with van der Waals surface area (Å²) in [5, 5.41) is 0. The molecular formula is C22H38ClN. The molecule has 6 saturated carbocycles. The summed E-state index contributed by atoms with van der Waals surface area (Å²) >= 11 is 0. The molecule has 0 aromatic rings. The van der Waals surface area contributed by atoms with Gasteiger partial charge < -0.3 is 5.73 Å². The molecule has 6 aliphatic rings. The van der Waals surface area contributed by atoms with E-state index in [2.05, 4.69) is 0 Å². The van der Waals surface area contributed by atoms with Gasteiger partial charge in [0.25, 0.3) is 0 Å². The predicted octanol–water partition coefficient (Wildman–Crippen LogP) is 6.24. The van der Waals surface area contributed by atoms with Crippen LogP contribution in [0.3, 0.4) is 0 Å².